The highest BCUT2D eigenvalue weighted by Crippen LogP contribution is 2.26. The number of hydrogen-bond acceptors (Lipinski definition) is 5. The molecule has 6 nitrogen and oxygen atoms in total. The van der Waals surface area contributed by atoms with E-state index in [1.54, 1.807) is 7.11 Å². The van der Waals surface area contributed by atoms with E-state index in [1.807, 2.05) is 36.1 Å². The van der Waals surface area contributed by atoms with Crippen molar-refractivity contribution in [1.29, 1.82) is 0 Å². The molecule has 0 aliphatic carbocycles. The fraction of sp³-hybridized carbons (Fsp3) is 0.364. The maximum atomic E-state index is 12.9. The average Bonchev–Trinajstić information content (AvgIpc) is 3.15. The van der Waals surface area contributed by atoms with Crippen molar-refractivity contribution in [3.63, 3.8) is 0 Å². The molecule has 1 saturated heterocycles. The van der Waals surface area contributed by atoms with Crippen LogP contribution in [0.4, 0.5) is 0 Å². The smallest absolute Gasteiger partial charge is 0.235 e. The average molecular weight is 411 g/mol. The number of amides is 1. The number of benzene rings is 2. The Morgan fingerprint density at radius 2 is 1.93 bits per heavy atom. The van der Waals surface area contributed by atoms with Crippen LogP contribution in [0, 0.1) is 0 Å². The number of nitrogens with zero attached hydrogens (tertiary/aromatic N) is 3. The summed E-state index contributed by atoms with van der Waals surface area (Å²) < 4.78 is 5.26. The van der Waals surface area contributed by atoms with Crippen LogP contribution in [0.15, 0.2) is 53.7 Å². The number of carbonyl (C=O) groups is 1. The molecule has 1 fully saturated rings. The topological polar surface area (TPSA) is 61.5 Å². The van der Waals surface area contributed by atoms with Crippen LogP contribution < -0.4 is 4.74 Å². The van der Waals surface area contributed by atoms with Gasteiger partial charge in [0.25, 0.3) is 0 Å². The monoisotopic (exact) mass is 410 g/mol. The lowest BCUT2D eigenvalue weighted by Gasteiger charge is -2.35. The second-order valence-electron chi connectivity index (χ2n) is 7.27. The molecule has 1 aliphatic heterocycles. The van der Waals surface area contributed by atoms with Gasteiger partial charge in [-0.25, -0.2) is 4.98 Å². The van der Waals surface area contributed by atoms with Crippen molar-refractivity contribution in [2.75, 3.05) is 33.3 Å². The molecule has 0 radical (unpaired) electrons. The molecule has 0 spiro atoms. The van der Waals surface area contributed by atoms with Gasteiger partial charge in [-0.05, 0) is 24.6 Å². The van der Waals surface area contributed by atoms with Gasteiger partial charge in [-0.15, -0.1) is 0 Å². The number of thioether (sulfide) groups is 1. The first-order valence-corrected chi connectivity index (χ1v) is 10.8. The molecule has 2 heterocycles. The number of methoxy groups -OCH3 is 1. The number of carbonyl (C=O) groups excluding carboxylic acids is 1. The molecule has 0 bridgehead atoms. The van der Waals surface area contributed by atoms with Gasteiger partial charge in [0.1, 0.15) is 5.75 Å². The summed E-state index contributed by atoms with van der Waals surface area (Å²) in [5.41, 5.74) is 3.11. The highest BCUT2D eigenvalue weighted by Gasteiger charge is 2.26. The lowest BCUT2D eigenvalue weighted by atomic mass is 10.2. The predicted molar refractivity (Wildman–Crippen MR) is 116 cm³/mol. The predicted octanol–water partition coefficient (Wildman–Crippen LogP) is 3.40. The Kier molecular flexibility index (Phi) is 6.06. The van der Waals surface area contributed by atoms with E-state index < -0.39 is 0 Å². The van der Waals surface area contributed by atoms with E-state index in [-0.39, 0.29) is 11.2 Å². The normalized spacial score (nSPS) is 16.1. The van der Waals surface area contributed by atoms with Crippen molar-refractivity contribution in [1.82, 2.24) is 19.8 Å². The number of piperazine rings is 1. The van der Waals surface area contributed by atoms with Crippen molar-refractivity contribution < 1.29 is 9.53 Å². The quantitative estimate of drug-likeness (QED) is 0.631. The molecule has 1 aliphatic rings. The zero-order chi connectivity index (χ0) is 20.2. The first-order valence-electron chi connectivity index (χ1n) is 9.88. The molecule has 152 valence electrons. The Labute approximate surface area is 175 Å². The summed E-state index contributed by atoms with van der Waals surface area (Å²) in [6.07, 6.45) is 0. The maximum Gasteiger partial charge on any atom is 0.235 e. The number of fused-ring (bicyclic) bond motifs is 1. The summed E-state index contributed by atoms with van der Waals surface area (Å²) in [7, 11) is 1.65. The van der Waals surface area contributed by atoms with Gasteiger partial charge in [-0.3, -0.25) is 9.69 Å². The van der Waals surface area contributed by atoms with Gasteiger partial charge in [0.15, 0.2) is 5.16 Å². The van der Waals surface area contributed by atoms with Crippen molar-refractivity contribution in [3.05, 3.63) is 54.1 Å². The Morgan fingerprint density at radius 3 is 2.66 bits per heavy atom. The number of H-pyrrole nitrogens is 1. The van der Waals surface area contributed by atoms with E-state index >= 15 is 0 Å². The second-order valence-corrected chi connectivity index (χ2v) is 8.60. The Morgan fingerprint density at radius 1 is 1.17 bits per heavy atom. The van der Waals surface area contributed by atoms with Crippen molar-refractivity contribution in [3.8, 4) is 5.75 Å². The summed E-state index contributed by atoms with van der Waals surface area (Å²) in [5.74, 6) is 0.961. The van der Waals surface area contributed by atoms with Crippen molar-refractivity contribution in [2.24, 2.45) is 0 Å². The maximum absolute atomic E-state index is 12.9. The lowest BCUT2D eigenvalue weighted by Crippen LogP contribution is -2.50. The number of aromatic nitrogens is 2. The number of rotatable bonds is 6. The molecule has 3 aromatic rings. The molecule has 7 heteroatoms. The zero-order valence-electron chi connectivity index (χ0n) is 16.8. The van der Waals surface area contributed by atoms with Crippen LogP contribution in [0.1, 0.15) is 12.5 Å². The molecule has 1 amide bonds. The van der Waals surface area contributed by atoms with Crippen LogP contribution in [0.3, 0.4) is 0 Å². The van der Waals surface area contributed by atoms with Gasteiger partial charge in [0.05, 0.1) is 23.4 Å². The third kappa shape index (κ3) is 4.74. The van der Waals surface area contributed by atoms with E-state index in [1.165, 1.54) is 17.3 Å². The zero-order valence-corrected chi connectivity index (χ0v) is 17.6. The van der Waals surface area contributed by atoms with Crippen LogP contribution in [0.25, 0.3) is 11.0 Å². The first kappa shape index (κ1) is 19.8. The van der Waals surface area contributed by atoms with Crippen LogP contribution in [-0.2, 0) is 11.3 Å². The fourth-order valence-corrected chi connectivity index (χ4v) is 4.50. The number of imidazole rings is 1. The van der Waals surface area contributed by atoms with Crippen LogP contribution in [0.2, 0.25) is 0 Å². The van der Waals surface area contributed by atoms with Gasteiger partial charge >= 0.3 is 0 Å². The molecule has 1 atom stereocenters. The number of hydrogen-bond donors (Lipinski definition) is 1. The van der Waals surface area contributed by atoms with Crippen LogP contribution in [-0.4, -0.2) is 64.2 Å². The number of ether oxygens (including phenoxy) is 1. The minimum atomic E-state index is -0.182. The molecule has 4 rings (SSSR count). The molecule has 2 aromatic carbocycles. The number of nitrogens with one attached hydrogen (secondary N) is 1. The van der Waals surface area contributed by atoms with Gasteiger partial charge in [-0.2, -0.15) is 0 Å². The van der Waals surface area contributed by atoms with Crippen molar-refractivity contribution in [2.45, 2.75) is 23.9 Å². The van der Waals surface area contributed by atoms with E-state index in [0.717, 1.165) is 54.7 Å². The molecule has 1 N–H and O–H groups in total. The largest absolute Gasteiger partial charge is 0.497 e. The van der Waals surface area contributed by atoms with Crippen molar-refractivity contribution >= 4 is 28.7 Å². The minimum Gasteiger partial charge on any atom is -0.497 e. The third-order valence-electron chi connectivity index (χ3n) is 5.24. The van der Waals surface area contributed by atoms with E-state index in [2.05, 4.69) is 39.1 Å². The Hall–Kier alpha value is -2.51. The minimum absolute atomic E-state index is 0.174. The molecule has 0 saturated carbocycles. The molecular weight excluding hydrogens is 384 g/mol. The highest BCUT2D eigenvalue weighted by atomic mass is 32.2. The van der Waals surface area contributed by atoms with Gasteiger partial charge in [-0.1, -0.05) is 42.1 Å². The first-order chi connectivity index (χ1) is 14.1. The van der Waals surface area contributed by atoms with E-state index in [0.29, 0.717) is 0 Å². The van der Waals surface area contributed by atoms with E-state index in [4.69, 9.17) is 4.74 Å². The summed E-state index contributed by atoms with van der Waals surface area (Å²) >= 11 is 1.48. The Balaban J connectivity index is 1.31. The fourth-order valence-electron chi connectivity index (χ4n) is 3.59. The molecule has 1 unspecified atom stereocenters. The molecular formula is C22H26N4O2S. The van der Waals surface area contributed by atoms with Crippen LogP contribution >= 0.6 is 11.8 Å². The summed E-state index contributed by atoms with van der Waals surface area (Å²) in [4.78, 5) is 25.2. The second kappa shape index (κ2) is 8.88. The van der Waals surface area contributed by atoms with Crippen LogP contribution in [0.5, 0.6) is 5.75 Å². The van der Waals surface area contributed by atoms with Gasteiger partial charge in [0, 0.05) is 38.8 Å². The number of aromatic amines is 1. The Bertz CT molecular complexity index is 967. The molecule has 1 aromatic heterocycles. The van der Waals surface area contributed by atoms with E-state index in [9.17, 15) is 4.79 Å². The standard InChI is InChI=1S/C22H26N4O2S/c1-16(29-22-23-19-9-8-18(28-2)14-20(19)24-22)21(27)26-12-10-25(11-13-26)15-17-6-4-3-5-7-17/h3-9,14,16H,10-13,15H2,1-2H3,(H,23,24). The van der Waals surface area contributed by atoms with Gasteiger partial charge < -0.3 is 14.6 Å². The summed E-state index contributed by atoms with van der Waals surface area (Å²) in [6.45, 7) is 6.25. The molecule has 29 heavy (non-hydrogen) atoms. The third-order valence-corrected chi connectivity index (χ3v) is 6.21. The summed E-state index contributed by atoms with van der Waals surface area (Å²) in [6, 6.07) is 16.2. The summed E-state index contributed by atoms with van der Waals surface area (Å²) in [5, 5.41) is 0.579. The van der Waals surface area contributed by atoms with Gasteiger partial charge in [0.2, 0.25) is 5.91 Å². The lowest BCUT2D eigenvalue weighted by molar-refractivity contribution is -0.132. The highest BCUT2D eigenvalue weighted by molar-refractivity contribution is 8.00. The SMILES string of the molecule is COc1ccc2nc(SC(C)C(=O)N3CCN(Cc4ccccc4)CC3)[nH]c2c1.